The van der Waals surface area contributed by atoms with E-state index in [-0.39, 0.29) is 11.1 Å². The van der Waals surface area contributed by atoms with E-state index in [4.69, 9.17) is 4.74 Å². The molecule has 0 bridgehead atoms. The number of hydrogen-bond donors (Lipinski definition) is 0. The predicted molar refractivity (Wildman–Crippen MR) is 46.4 cm³/mol. The Morgan fingerprint density at radius 1 is 1.67 bits per heavy atom. The first-order valence-electron chi connectivity index (χ1n) is 3.42. The van der Waals surface area contributed by atoms with Gasteiger partial charge in [0.2, 0.25) is 0 Å². The van der Waals surface area contributed by atoms with Crippen LogP contribution in [0.2, 0.25) is 0 Å². The van der Waals surface area contributed by atoms with E-state index in [9.17, 15) is 10.1 Å². The Kier molecular flexibility index (Phi) is 2.78. The van der Waals surface area contributed by atoms with Gasteiger partial charge in [0.25, 0.3) is 0 Å². The third-order valence-corrected chi connectivity index (χ3v) is 2.74. The summed E-state index contributed by atoms with van der Waals surface area (Å²) in [6.07, 6.45) is -0.0660. The van der Waals surface area contributed by atoms with E-state index in [0.717, 1.165) is 16.2 Å². The zero-order valence-electron chi connectivity index (χ0n) is 6.81. The lowest BCUT2D eigenvalue weighted by atomic mass is 10.3. The van der Waals surface area contributed by atoms with Gasteiger partial charge in [-0.15, -0.1) is 0 Å². The predicted octanol–water partition coefficient (Wildman–Crippen LogP) is 2.36. The number of methoxy groups -OCH3 is 1. The smallest absolute Gasteiger partial charge is 0.324 e. The molecule has 0 N–H and O–H groups in total. The van der Waals surface area contributed by atoms with Gasteiger partial charge in [0.15, 0.2) is 0 Å². The van der Waals surface area contributed by atoms with Crippen LogP contribution in [0.25, 0.3) is 0 Å². The van der Waals surface area contributed by atoms with Crippen molar-refractivity contribution in [2.24, 2.45) is 0 Å². The summed E-state index contributed by atoms with van der Waals surface area (Å²) in [4.78, 5) is 10.8. The van der Waals surface area contributed by atoms with E-state index in [1.54, 1.807) is 13.2 Å². The average Bonchev–Trinajstić information content (AvgIpc) is 2.51. The van der Waals surface area contributed by atoms with E-state index in [2.05, 4.69) is 0 Å². The second-order valence-electron chi connectivity index (χ2n) is 2.31. The van der Waals surface area contributed by atoms with Crippen molar-refractivity contribution in [3.05, 3.63) is 27.1 Å². The molecule has 12 heavy (non-hydrogen) atoms. The summed E-state index contributed by atoms with van der Waals surface area (Å²) in [5.41, 5.74) is 0. The molecule has 0 saturated carbocycles. The monoisotopic (exact) mass is 187 g/mol. The first-order chi connectivity index (χ1) is 5.65. The van der Waals surface area contributed by atoms with Crippen molar-refractivity contribution >= 4 is 16.3 Å². The summed E-state index contributed by atoms with van der Waals surface area (Å²) in [7, 11) is 1.58. The summed E-state index contributed by atoms with van der Waals surface area (Å²) in [6, 6.07) is 3.21. The van der Waals surface area contributed by atoms with E-state index in [1.165, 1.54) is 6.07 Å². The summed E-state index contributed by atoms with van der Waals surface area (Å²) in [5, 5.41) is 10.5. The number of ether oxygens (including phenoxy) is 1. The van der Waals surface area contributed by atoms with Crippen molar-refractivity contribution in [2.45, 2.75) is 13.0 Å². The molecule has 66 valence electrons. The molecule has 0 saturated heterocycles. The quantitative estimate of drug-likeness (QED) is 0.539. The minimum absolute atomic E-state index is 0.0660. The molecule has 0 aliphatic rings. The highest BCUT2D eigenvalue weighted by Crippen LogP contribution is 2.29. The highest BCUT2D eigenvalue weighted by atomic mass is 32.1. The first-order valence-corrected chi connectivity index (χ1v) is 4.23. The standard InChI is InChI=1S/C7H9NO3S/c1-5(11-2)6-3-4-7(12-6)8(9)10/h3-5H,1-2H3. The molecule has 1 atom stereocenters. The molecular weight excluding hydrogens is 178 g/mol. The van der Waals surface area contributed by atoms with Crippen molar-refractivity contribution in [2.75, 3.05) is 7.11 Å². The maximum Gasteiger partial charge on any atom is 0.324 e. The number of hydrogen-bond acceptors (Lipinski definition) is 4. The zero-order chi connectivity index (χ0) is 9.14. The van der Waals surface area contributed by atoms with Crippen LogP contribution < -0.4 is 0 Å². The normalized spacial score (nSPS) is 12.8. The first kappa shape index (κ1) is 9.15. The van der Waals surface area contributed by atoms with Crippen molar-refractivity contribution in [3.63, 3.8) is 0 Å². The summed E-state index contributed by atoms with van der Waals surface area (Å²) in [6.45, 7) is 1.86. The molecule has 0 fully saturated rings. The maximum atomic E-state index is 10.3. The Morgan fingerprint density at radius 3 is 2.75 bits per heavy atom. The molecule has 0 aromatic carbocycles. The molecule has 1 aromatic rings. The lowest BCUT2D eigenvalue weighted by Gasteiger charge is -2.03. The van der Waals surface area contributed by atoms with E-state index in [1.807, 2.05) is 6.92 Å². The van der Waals surface area contributed by atoms with Gasteiger partial charge in [-0.05, 0) is 13.0 Å². The summed E-state index contributed by atoms with van der Waals surface area (Å²) in [5.74, 6) is 0. The molecule has 0 aliphatic heterocycles. The number of nitrogens with zero attached hydrogens (tertiary/aromatic N) is 1. The van der Waals surface area contributed by atoms with Crippen LogP contribution in [0.5, 0.6) is 0 Å². The molecule has 1 rings (SSSR count). The fourth-order valence-corrected chi connectivity index (χ4v) is 1.63. The van der Waals surface area contributed by atoms with Crippen LogP contribution in [-0.2, 0) is 4.74 Å². The molecule has 1 unspecified atom stereocenters. The molecule has 0 aliphatic carbocycles. The van der Waals surface area contributed by atoms with Crippen LogP contribution in [0.4, 0.5) is 5.00 Å². The molecule has 1 heterocycles. The van der Waals surface area contributed by atoms with Gasteiger partial charge in [-0.1, -0.05) is 11.3 Å². The van der Waals surface area contributed by atoms with Gasteiger partial charge in [0.05, 0.1) is 11.0 Å². The van der Waals surface area contributed by atoms with Crippen molar-refractivity contribution in [1.82, 2.24) is 0 Å². The lowest BCUT2D eigenvalue weighted by molar-refractivity contribution is -0.380. The molecule has 0 spiro atoms. The Bertz CT molecular complexity index is 284. The Balaban J connectivity index is 2.84. The van der Waals surface area contributed by atoms with Crippen LogP contribution in [-0.4, -0.2) is 12.0 Å². The summed E-state index contributed by atoms with van der Waals surface area (Å²) >= 11 is 1.15. The average molecular weight is 187 g/mol. The Labute approximate surface area is 73.9 Å². The van der Waals surface area contributed by atoms with E-state index >= 15 is 0 Å². The molecular formula is C7H9NO3S. The van der Waals surface area contributed by atoms with Crippen LogP contribution >= 0.6 is 11.3 Å². The second kappa shape index (κ2) is 3.64. The van der Waals surface area contributed by atoms with Crippen LogP contribution in [0.3, 0.4) is 0 Å². The van der Waals surface area contributed by atoms with Crippen LogP contribution in [0.15, 0.2) is 12.1 Å². The van der Waals surface area contributed by atoms with Crippen LogP contribution in [0, 0.1) is 10.1 Å². The fourth-order valence-electron chi connectivity index (χ4n) is 0.775. The second-order valence-corrected chi connectivity index (χ2v) is 3.40. The van der Waals surface area contributed by atoms with Gasteiger partial charge in [0, 0.05) is 18.1 Å². The minimum atomic E-state index is -0.392. The van der Waals surface area contributed by atoms with E-state index in [0.29, 0.717) is 0 Å². The topological polar surface area (TPSA) is 52.4 Å². The third kappa shape index (κ3) is 1.80. The van der Waals surface area contributed by atoms with Crippen LogP contribution in [0.1, 0.15) is 17.9 Å². The molecule has 5 heteroatoms. The molecule has 0 amide bonds. The SMILES string of the molecule is COC(C)c1ccc([N+](=O)[O-])s1. The van der Waals surface area contributed by atoms with Crippen molar-refractivity contribution < 1.29 is 9.66 Å². The van der Waals surface area contributed by atoms with Crippen molar-refractivity contribution in [3.8, 4) is 0 Å². The molecule has 0 radical (unpaired) electrons. The number of nitro groups is 1. The van der Waals surface area contributed by atoms with Gasteiger partial charge in [0.1, 0.15) is 0 Å². The van der Waals surface area contributed by atoms with Crippen molar-refractivity contribution in [1.29, 1.82) is 0 Å². The van der Waals surface area contributed by atoms with Gasteiger partial charge in [-0.3, -0.25) is 10.1 Å². The number of thiophene rings is 1. The highest BCUT2D eigenvalue weighted by Gasteiger charge is 2.13. The van der Waals surface area contributed by atoms with E-state index < -0.39 is 4.92 Å². The maximum absolute atomic E-state index is 10.3. The molecule has 1 aromatic heterocycles. The summed E-state index contributed by atoms with van der Waals surface area (Å²) < 4.78 is 5.02. The van der Waals surface area contributed by atoms with Gasteiger partial charge in [-0.25, -0.2) is 0 Å². The molecule has 4 nitrogen and oxygen atoms in total. The Morgan fingerprint density at radius 2 is 2.33 bits per heavy atom. The van der Waals surface area contributed by atoms with Gasteiger partial charge < -0.3 is 4.74 Å². The minimum Gasteiger partial charge on any atom is -0.376 e. The Hall–Kier alpha value is -0.940. The fraction of sp³-hybridized carbons (Fsp3) is 0.429. The highest BCUT2D eigenvalue weighted by molar-refractivity contribution is 7.15. The van der Waals surface area contributed by atoms with Gasteiger partial charge >= 0.3 is 5.00 Å². The lowest BCUT2D eigenvalue weighted by Crippen LogP contribution is -1.90. The third-order valence-electron chi connectivity index (χ3n) is 1.55. The van der Waals surface area contributed by atoms with Gasteiger partial charge in [-0.2, -0.15) is 0 Å². The largest absolute Gasteiger partial charge is 0.376 e. The number of rotatable bonds is 3. The zero-order valence-corrected chi connectivity index (χ0v) is 7.63.